The molecular weight excluding hydrogens is 571 g/mol. The molecule has 3 aromatic carbocycles. The third kappa shape index (κ3) is 6.16. The number of rotatable bonds is 7. The maximum Gasteiger partial charge on any atom is 0.293 e. The fourth-order valence-corrected chi connectivity index (χ4v) is 4.99. The highest BCUT2D eigenvalue weighted by Crippen LogP contribution is 2.35. The largest absolute Gasteiger partial charge is 0.483 e. The first-order valence-electron chi connectivity index (χ1n) is 10.7. The van der Waals surface area contributed by atoms with Crippen LogP contribution in [0.5, 0.6) is 5.75 Å². The van der Waals surface area contributed by atoms with Crippen LogP contribution in [0.2, 0.25) is 5.02 Å². The van der Waals surface area contributed by atoms with Crippen molar-refractivity contribution in [2.75, 3.05) is 11.9 Å². The standard InChI is InChI=1S/C26H19BrClFN2O4S/c1-15-4-2-5-17(10-15)30-24(32)14-35-22-9-8-16(11-19(22)27)12-23-25(33)31(26(34)36-23)13-18-20(28)6-3-7-21(18)29/h2-12H,13-14H2,1H3,(H,30,32)/b23-12-. The van der Waals surface area contributed by atoms with Crippen molar-refractivity contribution in [2.45, 2.75) is 13.5 Å². The van der Waals surface area contributed by atoms with Gasteiger partial charge >= 0.3 is 0 Å². The molecule has 1 heterocycles. The fraction of sp³-hybridized carbons (Fsp3) is 0.115. The molecule has 4 rings (SSSR count). The minimum Gasteiger partial charge on any atom is -0.483 e. The maximum absolute atomic E-state index is 14.1. The van der Waals surface area contributed by atoms with Gasteiger partial charge in [-0.2, -0.15) is 0 Å². The normalized spacial score (nSPS) is 14.4. The number of benzene rings is 3. The van der Waals surface area contributed by atoms with E-state index >= 15 is 0 Å². The van der Waals surface area contributed by atoms with Gasteiger partial charge in [-0.3, -0.25) is 19.3 Å². The highest BCUT2D eigenvalue weighted by molar-refractivity contribution is 9.10. The van der Waals surface area contributed by atoms with E-state index in [1.54, 1.807) is 30.3 Å². The van der Waals surface area contributed by atoms with Gasteiger partial charge in [0.05, 0.1) is 15.9 Å². The van der Waals surface area contributed by atoms with Gasteiger partial charge in [0.1, 0.15) is 11.6 Å². The van der Waals surface area contributed by atoms with Gasteiger partial charge in [-0.1, -0.05) is 35.9 Å². The molecule has 0 aliphatic carbocycles. The molecule has 0 unspecified atom stereocenters. The third-order valence-electron chi connectivity index (χ3n) is 5.17. The van der Waals surface area contributed by atoms with E-state index in [2.05, 4.69) is 21.2 Å². The summed E-state index contributed by atoms with van der Waals surface area (Å²) in [5, 5.41) is 2.41. The number of imide groups is 1. The molecule has 0 atom stereocenters. The Morgan fingerprint density at radius 2 is 1.94 bits per heavy atom. The van der Waals surface area contributed by atoms with Crippen LogP contribution in [0.4, 0.5) is 14.9 Å². The van der Waals surface area contributed by atoms with Gasteiger partial charge in [0.25, 0.3) is 17.1 Å². The van der Waals surface area contributed by atoms with Gasteiger partial charge in [0, 0.05) is 16.3 Å². The summed E-state index contributed by atoms with van der Waals surface area (Å²) in [5.74, 6) is -0.986. The Labute approximate surface area is 224 Å². The lowest BCUT2D eigenvalue weighted by molar-refractivity contribution is -0.123. The van der Waals surface area contributed by atoms with Crippen molar-refractivity contribution in [3.05, 3.63) is 97.6 Å². The number of carbonyl (C=O) groups is 3. The number of nitrogens with one attached hydrogen (secondary N) is 1. The predicted octanol–water partition coefficient (Wildman–Crippen LogP) is 6.80. The predicted molar refractivity (Wildman–Crippen MR) is 142 cm³/mol. The quantitative estimate of drug-likeness (QED) is 0.307. The van der Waals surface area contributed by atoms with E-state index < -0.39 is 17.0 Å². The molecule has 3 amide bonds. The van der Waals surface area contributed by atoms with E-state index in [4.69, 9.17) is 16.3 Å². The Morgan fingerprint density at radius 1 is 1.17 bits per heavy atom. The summed E-state index contributed by atoms with van der Waals surface area (Å²) in [6, 6.07) is 16.7. The van der Waals surface area contributed by atoms with Crippen molar-refractivity contribution < 1.29 is 23.5 Å². The van der Waals surface area contributed by atoms with E-state index in [-0.39, 0.29) is 34.6 Å². The molecule has 36 heavy (non-hydrogen) atoms. The van der Waals surface area contributed by atoms with Crippen LogP contribution in [0, 0.1) is 12.7 Å². The van der Waals surface area contributed by atoms with Gasteiger partial charge in [0.15, 0.2) is 6.61 Å². The number of ether oxygens (including phenoxy) is 1. The number of hydrogen-bond donors (Lipinski definition) is 1. The van der Waals surface area contributed by atoms with Crippen molar-refractivity contribution >= 4 is 68.1 Å². The van der Waals surface area contributed by atoms with Gasteiger partial charge in [0.2, 0.25) is 0 Å². The zero-order valence-electron chi connectivity index (χ0n) is 18.9. The monoisotopic (exact) mass is 588 g/mol. The lowest BCUT2D eigenvalue weighted by Gasteiger charge is -2.14. The topological polar surface area (TPSA) is 75.7 Å². The molecule has 0 aromatic heterocycles. The highest BCUT2D eigenvalue weighted by atomic mass is 79.9. The first-order valence-corrected chi connectivity index (χ1v) is 12.7. The lowest BCUT2D eigenvalue weighted by atomic mass is 10.2. The van der Waals surface area contributed by atoms with Crippen LogP contribution >= 0.6 is 39.3 Å². The van der Waals surface area contributed by atoms with Gasteiger partial charge in [-0.05, 0) is 88.2 Å². The Morgan fingerprint density at radius 3 is 2.67 bits per heavy atom. The molecule has 3 aromatic rings. The first kappa shape index (κ1) is 25.9. The average molecular weight is 590 g/mol. The summed E-state index contributed by atoms with van der Waals surface area (Å²) in [4.78, 5) is 38.6. The minimum atomic E-state index is -0.586. The van der Waals surface area contributed by atoms with Crippen LogP contribution in [0.1, 0.15) is 16.7 Å². The smallest absolute Gasteiger partial charge is 0.293 e. The number of hydrogen-bond acceptors (Lipinski definition) is 5. The number of halogens is 3. The number of nitrogens with zero attached hydrogens (tertiary/aromatic N) is 1. The average Bonchev–Trinajstić information content (AvgIpc) is 3.08. The molecule has 0 spiro atoms. The molecule has 1 saturated heterocycles. The summed E-state index contributed by atoms with van der Waals surface area (Å²) in [5.41, 5.74) is 2.43. The van der Waals surface area contributed by atoms with Crippen LogP contribution in [-0.4, -0.2) is 28.6 Å². The molecule has 1 aliphatic heterocycles. The lowest BCUT2D eigenvalue weighted by Crippen LogP contribution is -2.28. The Bertz CT molecular complexity index is 1380. The number of amides is 3. The maximum atomic E-state index is 14.1. The van der Waals surface area contributed by atoms with Crippen LogP contribution in [0.25, 0.3) is 6.08 Å². The SMILES string of the molecule is Cc1cccc(NC(=O)COc2ccc(/C=C3\SC(=O)N(Cc4c(F)cccc4Cl)C3=O)cc2Br)c1. The summed E-state index contributed by atoms with van der Waals surface area (Å²) in [7, 11) is 0. The molecule has 0 saturated carbocycles. The Balaban J connectivity index is 1.41. The van der Waals surface area contributed by atoms with E-state index in [0.717, 1.165) is 22.2 Å². The van der Waals surface area contributed by atoms with E-state index in [1.165, 1.54) is 18.2 Å². The van der Waals surface area contributed by atoms with Gasteiger partial charge in [-0.15, -0.1) is 0 Å². The zero-order valence-corrected chi connectivity index (χ0v) is 22.0. The van der Waals surface area contributed by atoms with Crippen LogP contribution in [0.3, 0.4) is 0 Å². The number of anilines is 1. The van der Waals surface area contributed by atoms with E-state index in [9.17, 15) is 18.8 Å². The second-order valence-electron chi connectivity index (χ2n) is 7.86. The number of thioether (sulfide) groups is 1. The molecule has 1 aliphatic rings. The summed E-state index contributed by atoms with van der Waals surface area (Å²) in [6.07, 6.45) is 1.56. The Kier molecular flexibility index (Phi) is 8.13. The minimum absolute atomic E-state index is 0.0819. The van der Waals surface area contributed by atoms with Crippen molar-refractivity contribution in [3.63, 3.8) is 0 Å². The van der Waals surface area contributed by atoms with Gasteiger partial charge in [-0.25, -0.2) is 4.39 Å². The van der Waals surface area contributed by atoms with Gasteiger partial charge < -0.3 is 10.1 Å². The highest BCUT2D eigenvalue weighted by Gasteiger charge is 2.35. The van der Waals surface area contributed by atoms with Crippen molar-refractivity contribution in [1.29, 1.82) is 0 Å². The zero-order chi connectivity index (χ0) is 25.8. The fourth-order valence-electron chi connectivity index (χ4n) is 3.42. The second-order valence-corrected chi connectivity index (χ2v) is 10.1. The van der Waals surface area contributed by atoms with Crippen LogP contribution in [-0.2, 0) is 16.1 Å². The van der Waals surface area contributed by atoms with Crippen LogP contribution < -0.4 is 10.1 Å². The molecule has 1 N–H and O–H groups in total. The van der Waals surface area contributed by atoms with Crippen molar-refractivity contribution in [2.24, 2.45) is 0 Å². The molecule has 184 valence electrons. The number of aryl methyl sites for hydroxylation is 1. The number of carbonyl (C=O) groups excluding carboxylic acids is 3. The first-order chi connectivity index (χ1) is 17.2. The van der Waals surface area contributed by atoms with Crippen LogP contribution in [0.15, 0.2) is 70.0 Å². The second kappa shape index (κ2) is 11.3. The molecule has 1 fully saturated rings. The molecule has 10 heteroatoms. The molecule has 0 bridgehead atoms. The Hall–Kier alpha value is -3.14. The summed E-state index contributed by atoms with van der Waals surface area (Å²) >= 11 is 10.2. The molecular formula is C26H19BrClFN2O4S. The van der Waals surface area contributed by atoms with E-state index in [1.807, 2.05) is 25.1 Å². The van der Waals surface area contributed by atoms with Crippen molar-refractivity contribution in [3.8, 4) is 5.75 Å². The molecule has 0 radical (unpaired) electrons. The van der Waals surface area contributed by atoms with E-state index in [0.29, 0.717) is 21.5 Å². The third-order valence-corrected chi connectivity index (χ3v) is 7.05. The summed E-state index contributed by atoms with van der Waals surface area (Å²) in [6.45, 7) is 1.49. The summed E-state index contributed by atoms with van der Waals surface area (Å²) < 4.78 is 20.3. The van der Waals surface area contributed by atoms with Crippen molar-refractivity contribution in [1.82, 2.24) is 4.90 Å². The molecule has 6 nitrogen and oxygen atoms in total.